The van der Waals surface area contributed by atoms with Gasteiger partial charge in [0.1, 0.15) is 0 Å². The summed E-state index contributed by atoms with van der Waals surface area (Å²) < 4.78 is 25.1. The number of rotatable bonds is 6. The highest BCUT2D eigenvalue weighted by atomic mass is 32.2. The van der Waals surface area contributed by atoms with Crippen molar-refractivity contribution >= 4 is 28.1 Å². The summed E-state index contributed by atoms with van der Waals surface area (Å²) in [6, 6.07) is 5.44. The zero-order valence-corrected chi connectivity index (χ0v) is 16.7. The van der Waals surface area contributed by atoms with Gasteiger partial charge < -0.3 is 10.4 Å². The molecule has 0 spiro atoms. The van der Waals surface area contributed by atoms with Crippen molar-refractivity contribution < 1.29 is 27.9 Å². The maximum atomic E-state index is 12.4. The molecule has 0 saturated heterocycles. The number of nitrogens with one attached hydrogen (secondary N) is 1. The van der Waals surface area contributed by atoms with Gasteiger partial charge in [-0.1, -0.05) is 25.1 Å². The van der Waals surface area contributed by atoms with Crippen LogP contribution in [0, 0.1) is 0 Å². The lowest BCUT2D eigenvalue weighted by Gasteiger charge is -2.18. The van der Waals surface area contributed by atoms with E-state index < -0.39 is 22.1 Å². The first-order valence-electron chi connectivity index (χ1n) is 8.69. The molecule has 4 amide bonds. The van der Waals surface area contributed by atoms with Crippen molar-refractivity contribution in [3.8, 4) is 0 Å². The first-order valence-corrected chi connectivity index (χ1v) is 10.1. The standard InChI is InChI=1S/C18H23N3O6S/c1-4-14-12(2)11-21(16(14)22)17(23)19-10-9-13-7-5-6-8-15(13)28(26,27)20(3)18(24)25/h5-8H,4,9-11H2,1-3H3,(H,19,23)(H,24,25). The Bertz CT molecular complexity index is 938. The number of sulfonamides is 1. The third-order valence-corrected chi connectivity index (χ3v) is 6.39. The summed E-state index contributed by atoms with van der Waals surface area (Å²) in [5, 5.41) is 11.6. The molecular formula is C18H23N3O6S. The first kappa shape index (κ1) is 21.4. The first-order chi connectivity index (χ1) is 13.1. The van der Waals surface area contributed by atoms with E-state index >= 15 is 0 Å². The van der Waals surface area contributed by atoms with Crippen LogP contribution >= 0.6 is 0 Å². The minimum atomic E-state index is -4.21. The average molecular weight is 409 g/mol. The Balaban J connectivity index is 2.06. The monoisotopic (exact) mass is 409 g/mol. The Morgan fingerprint density at radius 1 is 1.29 bits per heavy atom. The maximum absolute atomic E-state index is 12.4. The van der Waals surface area contributed by atoms with Gasteiger partial charge in [0, 0.05) is 19.2 Å². The summed E-state index contributed by atoms with van der Waals surface area (Å²) in [5.41, 5.74) is 1.85. The molecule has 28 heavy (non-hydrogen) atoms. The van der Waals surface area contributed by atoms with Crippen LogP contribution in [0.5, 0.6) is 0 Å². The van der Waals surface area contributed by atoms with Crippen LogP contribution in [0.25, 0.3) is 0 Å². The van der Waals surface area contributed by atoms with Crippen LogP contribution in [0.4, 0.5) is 9.59 Å². The molecule has 0 unspecified atom stereocenters. The normalized spacial score (nSPS) is 14.4. The van der Waals surface area contributed by atoms with E-state index in [9.17, 15) is 22.8 Å². The fraction of sp³-hybridized carbons (Fsp3) is 0.389. The lowest BCUT2D eigenvalue weighted by atomic mass is 10.1. The minimum absolute atomic E-state index is 0.0897. The molecule has 1 aliphatic heterocycles. The third kappa shape index (κ3) is 4.16. The molecule has 0 saturated carbocycles. The number of hydrogen-bond donors (Lipinski definition) is 2. The van der Waals surface area contributed by atoms with Gasteiger partial charge in [0.2, 0.25) is 0 Å². The van der Waals surface area contributed by atoms with Crippen LogP contribution in [0.15, 0.2) is 40.3 Å². The smallest absolute Gasteiger partial charge is 0.421 e. The molecule has 152 valence electrons. The lowest BCUT2D eigenvalue weighted by molar-refractivity contribution is -0.123. The number of imide groups is 1. The fourth-order valence-electron chi connectivity index (χ4n) is 2.98. The fourth-order valence-corrected chi connectivity index (χ4v) is 4.23. The van der Waals surface area contributed by atoms with Gasteiger partial charge in [0.25, 0.3) is 15.9 Å². The molecule has 10 heteroatoms. The molecule has 1 aromatic carbocycles. The van der Waals surface area contributed by atoms with Gasteiger partial charge in [-0.15, -0.1) is 0 Å². The van der Waals surface area contributed by atoms with Crippen LogP contribution in [0.1, 0.15) is 25.8 Å². The summed E-state index contributed by atoms with van der Waals surface area (Å²) in [4.78, 5) is 36.5. The predicted octanol–water partition coefficient (Wildman–Crippen LogP) is 1.81. The molecule has 2 rings (SSSR count). The summed E-state index contributed by atoms with van der Waals surface area (Å²) in [6.45, 7) is 3.99. The molecule has 0 atom stereocenters. The van der Waals surface area contributed by atoms with Crippen LogP contribution < -0.4 is 5.32 Å². The van der Waals surface area contributed by atoms with Crippen molar-refractivity contribution in [3.05, 3.63) is 41.0 Å². The Morgan fingerprint density at radius 3 is 2.50 bits per heavy atom. The van der Waals surface area contributed by atoms with Gasteiger partial charge in [0.15, 0.2) is 0 Å². The Hall–Kier alpha value is -2.88. The molecular weight excluding hydrogens is 386 g/mol. The van der Waals surface area contributed by atoms with Gasteiger partial charge in [-0.25, -0.2) is 22.3 Å². The number of carboxylic acid groups (broad SMARTS) is 1. The number of carbonyl (C=O) groups excluding carboxylic acids is 2. The molecule has 1 aromatic rings. The van der Waals surface area contributed by atoms with E-state index in [0.717, 1.165) is 17.5 Å². The number of urea groups is 1. The summed E-state index contributed by atoms with van der Waals surface area (Å²) in [6.07, 6.45) is -0.884. The van der Waals surface area contributed by atoms with E-state index in [2.05, 4.69) is 5.32 Å². The topological polar surface area (TPSA) is 124 Å². The lowest BCUT2D eigenvalue weighted by Crippen LogP contribution is -2.42. The van der Waals surface area contributed by atoms with Crippen molar-refractivity contribution in [3.63, 3.8) is 0 Å². The second kappa shape index (κ2) is 8.42. The van der Waals surface area contributed by atoms with E-state index in [1.165, 1.54) is 12.1 Å². The second-order valence-corrected chi connectivity index (χ2v) is 8.29. The third-order valence-electron chi connectivity index (χ3n) is 4.56. The number of nitrogens with zero attached hydrogens (tertiary/aromatic N) is 2. The number of carbonyl (C=O) groups is 3. The van der Waals surface area contributed by atoms with Crippen LogP contribution in [-0.4, -0.2) is 60.9 Å². The highest BCUT2D eigenvalue weighted by Crippen LogP contribution is 2.22. The quantitative estimate of drug-likeness (QED) is 0.738. The zero-order chi connectivity index (χ0) is 21.1. The van der Waals surface area contributed by atoms with Gasteiger partial charge in [-0.05, 0) is 37.0 Å². The van der Waals surface area contributed by atoms with Crippen molar-refractivity contribution in [1.82, 2.24) is 14.5 Å². The maximum Gasteiger partial charge on any atom is 0.421 e. The van der Waals surface area contributed by atoms with Crippen molar-refractivity contribution in [1.29, 1.82) is 0 Å². The molecule has 0 aliphatic carbocycles. The van der Waals surface area contributed by atoms with E-state index in [-0.39, 0.29) is 34.6 Å². The van der Waals surface area contributed by atoms with Crippen molar-refractivity contribution in [2.24, 2.45) is 0 Å². The highest BCUT2D eigenvalue weighted by Gasteiger charge is 2.31. The molecule has 0 radical (unpaired) electrons. The zero-order valence-electron chi connectivity index (χ0n) is 15.9. The van der Waals surface area contributed by atoms with Gasteiger partial charge >= 0.3 is 12.1 Å². The Labute approximate surface area is 163 Å². The Kier molecular flexibility index (Phi) is 6.45. The summed E-state index contributed by atoms with van der Waals surface area (Å²) in [5.74, 6) is -0.316. The van der Waals surface area contributed by atoms with Crippen molar-refractivity contribution in [2.45, 2.75) is 31.6 Å². The van der Waals surface area contributed by atoms with E-state index in [0.29, 0.717) is 17.6 Å². The predicted molar refractivity (Wildman–Crippen MR) is 101 cm³/mol. The molecule has 0 bridgehead atoms. The average Bonchev–Trinajstić information content (AvgIpc) is 2.94. The number of amides is 4. The number of hydrogen-bond acceptors (Lipinski definition) is 5. The largest absolute Gasteiger partial charge is 0.464 e. The van der Waals surface area contributed by atoms with Crippen LogP contribution in [0.2, 0.25) is 0 Å². The number of benzene rings is 1. The highest BCUT2D eigenvalue weighted by molar-refractivity contribution is 7.89. The summed E-state index contributed by atoms with van der Waals surface area (Å²) in [7, 11) is -3.26. The van der Waals surface area contributed by atoms with Gasteiger partial charge in [-0.3, -0.25) is 9.69 Å². The van der Waals surface area contributed by atoms with Crippen LogP contribution in [0.3, 0.4) is 0 Å². The molecule has 0 aromatic heterocycles. The molecule has 0 fully saturated rings. The van der Waals surface area contributed by atoms with Crippen LogP contribution in [-0.2, 0) is 21.2 Å². The molecule has 9 nitrogen and oxygen atoms in total. The minimum Gasteiger partial charge on any atom is -0.464 e. The van der Waals surface area contributed by atoms with Gasteiger partial charge in [-0.2, -0.15) is 0 Å². The molecule has 2 N–H and O–H groups in total. The van der Waals surface area contributed by atoms with E-state index in [4.69, 9.17) is 5.11 Å². The SMILES string of the molecule is CCC1=C(C)CN(C(=O)NCCc2ccccc2S(=O)(=O)N(C)C(=O)O)C1=O. The van der Waals surface area contributed by atoms with E-state index in [1.54, 1.807) is 12.1 Å². The van der Waals surface area contributed by atoms with E-state index in [1.807, 2.05) is 13.8 Å². The second-order valence-electron chi connectivity index (χ2n) is 6.35. The molecule has 1 heterocycles. The summed E-state index contributed by atoms with van der Waals surface area (Å²) >= 11 is 0. The molecule has 1 aliphatic rings. The van der Waals surface area contributed by atoms with Crippen molar-refractivity contribution in [2.75, 3.05) is 20.1 Å². The van der Waals surface area contributed by atoms with Gasteiger partial charge in [0.05, 0.1) is 11.4 Å². The Morgan fingerprint density at radius 2 is 1.93 bits per heavy atom.